The third-order valence-corrected chi connectivity index (χ3v) is 3.64. The number of esters is 1. The second kappa shape index (κ2) is 7.73. The molecule has 0 aliphatic carbocycles. The minimum absolute atomic E-state index is 0.319. The van der Waals surface area contributed by atoms with Gasteiger partial charge in [0.25, 0.3) is 0 Å². The van der Waals surface area contributed by atoms with Crippen molar-refractivity contribution in [1.29, 1.82) is 0 Å². The fourth-order valence-electron chi connectivity index (χ4n) is 2.30. The van der Waals surface area contributed by atoms with Gasteiger partial charge in [0.2, 0.25) is 5.75 Å². The number of methoxy groups -OCH3 is 3. The number of carbonyl (C=O) groups is 1. The zero-order valence-electron chi connectivity index (χ0n) is 14.6. The third kappa shape index (κ3) is 3.79. The van der Waals surface area contributed by atoms with E-state index in [2.05, 4.69) is 13.8 Å². The summed E-state index contributed by atoms with van der Waals surface area (Å²) in [6.07, 6.45) is 0. The number of hydrogen-bond acceptors (Lipinski definition) is 5. The van der Waals surface area contributed by atoms with Crippen molar-refractivity contribution in [2.75, 3.05) is 21.3 Å². The average Bonchev–Trinajstić information content (AvgIpc) is 2.60. The normalized spacial score (nSPS) is 10.4. The molecule has 0 amide bonds. The summed E-state index contributed by atoms with van der Waals surface area (Å²) in [5.74, 6) is 1.60. The number of benzene rings is 2. The minimum atomic E-state index is -0.491. The summed E-state index contributed by atoms with van der Waals surface area (Å²) < 4.78 is 21.2. The van der Waals surface area contributed by atoms with E-state index in [1.54, 1.807) is 18.2 Å². The monoisotopic (exact) mass is 330 g/mol. The van der Waals surface area contributed by atoms with Crippen molar-refractivity contribution < 1.29 is 23.7 Å². The summed E-state index contributed by atoms with van der Waals surface area (Å²) in [7, 11) is 4.51. The molecule has 24 heavy (non-hydrogen) atoms. The van der Waals surface area contributed by atoms with Crippen LogP contribution in [0.4, 0.5) is 0 Å². The molecule has 0 bridgehead atoms. The first kappa shape index (κ1) is 17.7. The Morgan fingerprint density at radius 1 is 0.917 bits per heavy atom. The molecule has 5 nitrogen and oxygen atoms in total. The molecule has 2 aromatic carbocycles. The van der Waals surface area contributed by atoms with E-state index in [9.17, 15) is 4.79 Å². The molecule has 128 valence electrons. The Morgan fingerprint density at radius 3 is 2.04 bits per heavy atom. The largest absolute Gasteiger partial charge is 0.493 e. The van der Waals surface area contributed by atoms with Crippen molar-refractivity contribution in [2.45, 2.75) is 19.8 Å². The van der Waals surface area contributed by atoms with E-state index in [4.69, 9.17) is 18.9 Å². The van der Waals surface area contributed by atoms with Crippen molar-refractivity contribution in [1.82, 2.24) is 0 Å². The zero-order chi connectivity index (χ0) is 17.7. The predicted molar refractivity (Wildman–Crippen MR) is 91.6 cm³/mol. The molecular formula is C19H22O5. The molecule has 0 unspecified atom stereocenters. The second-order valence-electron chi connectivity index (χ2n) is 5.53. The molecule has 5 heteroatoms. The summed E-state index contributed by atoms with van der Waals surface area (Å²) in [5.41, 5.74) is 1.42. The molecule has 0 atom stereocenters. The molecule has 2 rings (SSSR count). The van der Waals surface area contributed by atoms with Gasteiger partial charge in [0.05, 0.1) is 26.9 Å². The molecule has 0 aromatic heterocycles. The Bertz CT molecular complexity index is 696. The molecule has 0 spiro atoms. The summed E-state index contributed by atoms with van der Waals surface area (Å²) in [5, 5.41) is 0. The second-order valence-corrected chi connectivity index (χ2v) is 5.53. The van der Waals surface area contributed by atoms with Crippen LogP contribution in [0.5, 0.6) is 23.0 Å². The number of hydrogen-bond donors (Lipinski definition) is 0. The van der Waals surface area contributed by atoms with Crippen molar-refractivity contribution in [3.05, 3.63) is 47.5 Å². The van der Waals surface area contributed by atoms with Gasteiger partial charge in [0.1, 0.15) is 5.75 Å². The maximum Gasteiger partial charge on any atom is 0.343 e. The van der Waals surface area contributed by atoms with E-state index in [0.717, 1.165) is 5.56 Å². The van der Waals surface area contributed by atoms with E-state index >= 15 is 0 Å². The lowest BCUT2D eigenvalue weighted by atomic mass is 10.0. The summed E-state index contributed by atoms with van der Waals surface area (Å²) in [4.78, 5) is 12.5. The highest BCUT2D eigenvalue weighted by Gasteiger charge is 2.18. The van der Waals surface area contributed by atoms with Gasteiger partial charge in [-0.3, -0.25) is 0 Å². The van der Waals surface area contributed by atoms with Gasteiger partial charge in [-0.1, -0.05) is 26.0 Å². The zero-order valence-corrected chi connectivity index (χ0v) is 14.6. The third-order valence-electron chi connectivity index (χ3n) is 3.64. The first-order chi connectivity index (χ1) is 11.5. The smallest absolute Gasteiger partial charge is 0.343 e. The van der Waals surface area contributed by atoms with E-state index in [1.807, 2.05) is 18.2 Å². The standard InChI is InChI=1S/C19H22O5/c1-12(2)13-7-6-8-15(9-13)24-19(20)14-10-16(21-3)18(23-5)17(11-14)22-4/h6-12H,1-5H3. The van der Waals surface area contributed by atoms with Gasteiger partial charge in [-0.2, -0.15) is 0 Å². The molecular weight excluding hydrogens is 308 g/mol. The van der Waals surface area contributed by atoms with Gasteiger partial charge in [0.15, 0.2) is 11.5 Å². The Balaban J connectivity index is 2.31. The Labute approximate surface area is 142 Å². The fourth-order valence-corrected chi connectivity index (χ4v) is 2.30. The van der Waals surface area contributed by atoms with Crippen LogP contribution in [0.2, 0.25) is 0 Å². The van der Waals surface area contributed by atoms with Crippen LogP contribution in [0.15, 0.2) is 36.4 Å². The van der Waals surface area contributed by atoms with Crippen LogP contribution >= 0.6 is 0 Å². The molecule has 0 N–H and O–H groups in total. The van der Waals surface area contributed by atoms with E-state index < -0.39 is 5.97 Å². The van der Waals surface area contributed by atoms with Gasteiger partial charge >= 0.3 is 5.97 Å². The maximum atomic E-state index is 12.5. The number of carbonyl (C=O) groups excluding carboxylic acids is 1. The van der Waals surface area contributed by atoms with Gasteiger partial charge in [0, 0.05) is 0 Å². The molecule has 0 aliphatic heterocycles. The fraction of sp³-hybridized carbons (Fsp3) is 0.316. The quantitative estimate of drug-likeness (QED) is 0.591. The Hall–Kier alpha value is -2.69. The van der Waals surface area contributed by atoms with Crippen molar-refractivity contribution in [3.8, 4) is 23.0 Å². The lowest BCUT2D eigenvalue weighted by Gasteiger charge is -2.14. The molecule has 0 saturated heterocycles. The van der Waals surface area contributed by atoms with Crippen LogP contribution in [-0.4, -0.2) is 27.3 Å². The summed E-state index contributed by atoms with van der Waals surface area (Å²) >= 11 is 0. The van der Waals surface area contributed by atoms with Gasteiger partial charge in [-0.15, -0.1) is 0 Å². The van der Waals surface area contributed by atoms with Crippen molar-refractivity contribution >= 4 is 5.97 Å². The predicted octanol–water partition coefficient (Wildman–Crippen LogP) is 4.06. The summed E-state index contributed by atoms with van der Waals surface area (Å²) in [6, 6.07) is 10.6. The lowest BCUT2D eigenvalue weighted by Crippen LogP contribution is -2.10. The Morgan fingerprint density at radius 2 is 1.54 bits per heavy atom. The van der Waals surface area contributed by atoms with E-state index in [0.29, 0.717) is 34.5 Å². The highest BCUT2D eigenvalue weighted by molar-refractivity contribution is 5.92. The minimum Gasteiger partial charge on any atom is -0.493 e. The molecule has 0 radical (unpaired) electrons. The molecule has 0 saturated carbocycles. The van der Waals surface area contributed by atoms with Gasteiger partial charge < -0.3 is 18.9 Å². The average molecular weight is 330 g/mol. The molecule has 0 fully saturated rings. The van der Waals surface area contributed by atoms with Crippen molar-refractivity contribution in [3.63, 3.8) is 0 Å². The molecule has 0 aliphatic rings. The highest BCUT2D eigenvalue weighted by Crippen LogP contribution is 2.38. The van der Waals surface area contributed by atoms with Gasteiger partial charge in [-0.25, -0.2) is 4.79 Å². The molecule has 2 aromatic rings. The van der Waals surface area contributed by atoms with Crippen LogP contribution in [0.3, 0.4) is 0 Å². The Kier molecular flexibility index (Phi) is 5.68. The van der Waals surface area contributed by atoms with Crippen LogP contribution in [0, 0.1) is 0 Å². The van der Waals surface area contributed by atoms with Crippen LogP contribution < -0.4 is 18.9 Å². The van der Waals surface area contributed by atoms with Gasteiger partial charge in [-0.05, 0) is 35.7 Å². The van der Waals surface area contributed by atoms with Crippen LogP contribution in [0.25, 0.3) is 0 Å². The maximum absolute atomic E-state index is 12.5. The van der Waals surface area contributed by atoms with Crippen molar-refractivity contribution in [2.24, 2.45) is 0 Å². The summed E-state index contributed by atoms with van der Waals surface area (Å²) in [6.45, 7) is 4.17. The topological polar surface area (TPSA) is 54.0 Å². The first-order valence-electron chi connectivity index (χ1n) is 7.62. The molecule has 0 heterocycles. The number of ether oxygens (including phenoxy) is 4. The lowest BCUT2D eigenvalue weighted by molar-refractivity contribution is 0.0733. The SMILES string of the molecule is COc1cc(C(=O)Oc2cccc(C(C)C)c2)cc(OC)c1OC. The first-order valence-corrected chi connectivity index (χ1v) is 7.62. The highest BCUT2D eigenvalue weighted by atomic mass is 16.5. The van der Waals surface area contributed by atoms with Crippen LogP contribution in [-0.2, 0) is 0 Å². The van der Waals surface area contributed by atoms with E-state index in [1.165, 1.54) is 21.3 Å². The van der Waals surface area contributed by atoms with Crippen LogP contribution in [0.1, 0.15) is 35.7 Å². The number of rotatable bonds is 6. The van der Waals surface area contributed by atoms with E-state index in [-0.39, 0.29) is 0 Å².